The van der Waals surface area contributed by atoms with Gasteiger partial charge in [-0.05, 0) is 42.5 Å². The first-order chi connectivity index (χ1) is 12.9. The van der Waals surface area contributed by atoms with Crippen molar-refractivity contribution in [3.8, 4) is 0 Å². The summed E-state index contributed by atoms with van der Waals surface area (Å²) in [6.07, 6.45) is 4.15. The van der Waals surface area contributed by atoms with Gasteiger partial charge in [-0.2, -0.15) is 0 Å². The first kappa shape index (κ1) is 25.2. The van der Waals surface area contributed by atoms with Crippen molar-refractivity contribution in [1.82, 2.24) is 15.5 Å². The van der Waals surface area contributed by atoms with Crippen LogP contribution in [0.15, 0.2) is 29.3 Å². The molecule has 0 aliphatic carbocycles. The molecule has 1 saturated heterocycles. The molecule has 1 aliphatic heterocycles. The molecule has 0 spiro atoms. The number of guanidine groups is 1. The number of rotatable bonds is 7. The number of nitrogens with one attached hydrogen (secondary N) is 2. The molecule has 5 nitrogen and oxygen atoms in total. The van der Waals surface area contributed by atoms with E-state index in [9.17, 15) is 0 Å². The van der Waals surface area contributed by atoms with Crippen molar-refractivity contribution in [2.75, 3.05) is 33.8 Å². The van der Waals surface area contributed by atoms with Gasteiger partial charge in [-0.15, -0.1) is 24.0 Å². The summed E-state index contributed by atoms with van der Waals surface area (Å²) in [7, 11) is 3.58. The highest BCUT2D eigenvalue weighted by Crippen LogP contribution is 2.21. The molecule has 6 heteroatoms. The van der Waals surface area contributed by atoms with Crippen molar-refractivity contribution in [2.45, 2.75) is 59.2 Å². The summed E-state index contributed by atoms with van der Waals surface area (Å²) >= 11 is 0. The van der Waals surface area contributed by atoms with E-state index in [-0.39, 0.29) is 35.5 Å². The molecule has 0 aromatic heterocycles. The van der Waals surface area contributed by atoms with E-state index in [0.29, 0.717) is 0 Å². The number of halogens is 1. The quantitative estimate of drug-likeness (QED) is 0.336. The Kier molecular flexibility index (Phi) is 11.4. The van der Waals surface area contributed by atoms with Gasteiger partial charge in [0.25, 0.3) is 0 Å². The lowest BCUT2D eigenvalue weighted by Gasteiger charge is -2.30. The number of nitrogens with zero attached hydrogens (tertiary/aromatic N) is 2. The molecule has 160 valence electrons. The second-order valence-corrected chi connectivity index (χ2v) is 8.50. The van der Waals surface area contributed by atoms with Gasteiger partial charge in [-0.25, -0.2) is 0 Å². The Hall–Kier alpha value is -0.860. The molecular weight excluding hydrogens is 463 g/mol. The molecule has 1 aromatic rings. The van der Waals surface area contributed by atoms with E-state index in [1.807, 2.05) is 7.05 Å². The molecule has 0 amide bonds. The predicted molar refractivity (Wildman–Crippen MR) is 129 cm³/mol. The third-order valence-electron chi connectivity index (χ3n) is 5.34. The summed E-state index contributed by atoms with van der Waals surface area (Å²) < 4.78 is 5.63. The van der Waals surface area contributed by atoms with Crippen molar-refractivity contribution in [2.24, 2.45) is 10.4 Å². The molecule has 1 heterocycles. The average molecular weight is 502 g/mol. The van der Waals surface area contributed by atoms with E-state index in [1.165, 1.54) is 43.5 Å². The van der Waals surface area contributed by atoms with Gasteiger partial charge in [0.1, 0.15) is 0 Å². The summed E-state index contributed by atoms with van der Waals surface area (Å²) in [6.45, 7) is 11.6. The van der Waals surface area contributed by atoms with E-state index in [2.05, 4.69) is 65.6 Å². The summed E-state index contributed by atoms with van der Waals surface area (Å²) in [6, 6.07) is 8.73. The van der Waals surface area contributed by atoms with Gasteiger partial charge >= 0.3 is 0 Å². The third kappa shape index (κ3) is 8.25. The number of benzene rings is 1. The van der Waals surface area contributed by atoms with Crippen LogP contribution >= 0.6 is 24.0 Å². The van der Waals surface area contributed by atoms with Crippen LogP contribution in [-0.2, 0) is 17.8 Å². The maximum Gasteiger partial charge on any atom is 0.191 e. The third-order valence-corrected chi connectivity index (χ3v) is 5.34. The van der Waals surface area contributed by atoms with Crippen LogP contribution in [0, 0.1) is 5.41 Å². The molecule has 0 saturated carbocycles. The Labute approximate surface area is 188 Å². The average Bonchev–Trinajstić information content (AvgIpc) is 2.65. The van der Waals surface area contributed by atoms with Crippen molar-refractivity contribution in [1.29, 1.82) is 0 Å². The second-order valence-electron chi connectivity index (χ2n) is 8.50. The molecular formula is C22H39IN4O. The van der Waals surface area contributed by atoms with Crippen LogP contribution in [0.4, 0.5) is 0 Å². The van der Waals surface area contributed by atoms with Crippen LogP contribution in [0.5, 0.6) is 0 Å². The number of methoxy groups -OCH3 is 1. The number of aliphatic imine (C=N–C) groups is 1. The Morgan fingerprint density at radius 1 is 1.11 bits per heavy atom. The van der Waals surface area contributed by atoms with Gasteiger partial charge < -0.3 is 15.4 Å². The van der Waals surface area contributed by atoms with Crippen molar-refractivity contribution in [3.63, 3.8) is 0 Å². The maximum absolute atomic E-state index is 5.63. The standard InChI is InChI=1S/C22H38N4O.HI/c1-22(2,3)20(27-5)16-25-21(23-4)24-15-18-11-7-8-12-19(18)17-26-13-9-6-10-14-26;/h7-8,11-12,20H,6,9-10,13-17H2,1-5H3,(H2,23,24,25);1H. The fraction of sp³-hybridized carbons (Fsp3) is 0.682. The minimum atomic E-state index is 0. The zero-order valence-electron chi connectivity index (χ0n) is 18.3. The van der Waals surface area contributed by atoms with Gasteiger partial charge in [0.05, 0.1) is 6.10 Å². The molecule has 1 unspecified atom stereocenters. The van der Waals surface area contributed by atoms with Crippen LogP contribution in [-0.4, -0.2) is 50.8 Å². The Balaban J connectivity index is 0.00000392. The van der Waals surface area contributed by atoms with Crippen LogP contribution in [0.25, 0.3) is 0 Å². The summed E-state index contributed by atoms with van der Waals surface area (Å²) in [5, 5.41) is 6.86. The minimum absolute atomic E-state index is 0. The van der Waals surface area contributed by atoms with Crippen LogP contribution in [0.3, 0.4) is 0 Å². The van der Waals surface area contributed by atoms with E-state index in [1.54, 1.807) is 7.11 Å². The summed E-state index contributed by atoms with van der Waals surface area (Å²) in [5.74, 6) is 0.814. The summed E-state index contributed by atoms with van der Waals surface area (Å²) in [4.78, 5) is 6.94. The molecule has 1 atom stereocenters. The van der Waals surface area contributed by atoms with Crippen molar-refractivity contribution in [3.05, 3.63) is 35.4 Å². The molecule has 28 heavy (non-hydrogen) atoms. The number of piperidine rings is 1. The molecule has 0 bridgehead atoms. The molecule has 1 aromatic carbocycles. The molecule has 1 aliphatic rings. The first-order valence-electron chi connectivity index (χ1n) is 10.2. The van der Waals surface area contributed by atoms with Gasteiger partial charge in [-0.3, -0.25) is 9.89 Å². The first-order valence-corrected chi connectivity index (χ1v) is 10.2. The second kappa shape index (κ2) is 12.6. The lowest BCUT2D eigenvalue weighted by molar-refractivity contribution is 0.0205. The smallest absolute Gasteiger partial charge is 0.191 e. The van der Waals surface area contributed by atoms with Crippen molar-refractivity contribution < 1.29 is 4.74 Å². The van der Waals surface area contributed by atoms with E-state index in [0.717, 1.165) is 25.6 Å². The van der Waals surface area contributed by atoms with Gasteiger partial charge in [0, 0.05) is 33.8 Å². The van der Waals surface area contributed by atoms with Crippen molar-refractivity contribution >= 4 is 29.9 Å². The van der Waals surface area contributed by atoms with Gasteiger partial charge in [0.15, 0.2) is 5.96 Å². The highest BCUT2D eigenvalue weighted by atomic mass is 127. The molecule has 0 radical (unpaired) electrons. The van der Waals surface area contributed by atoms with E-state index < -0.39 is 0 Å². The topological polar surface area (TPSA) is 48.9 Å². The largest absolute Gasteiger partial charge is 0.379 e. The van der Waals surface area contributed by atoms with E-state index in [4.69, 9.17) is 4.74 Å². The highest BCUT2D eigenvalue weighted by molar-refractivity contribution is 14.0. The monoisotopic (exact) mass is 502 g/mol. The Morgan fingerprint density at radius 3 is 2.32 bits per heavy atom. The predicted octanol–water partition coefficient (Wildman–Crippen LogP) is 4.02. The normalized spacial score (nSPS) is 17.0. The van der Waals surface area contributed by atoms with Gasteiger partial charge in [-0.1, -0.05) is 51.5 Å². The van der Waals surface area contributed by atoms with Gasteiger partial charge in [0.2, 0.25) is 0 Å². The maximum atomic E-state index is 5.63. The minimum Gasteiger partial charge on any atom is -0.379 e. The van der Waals surface area contributed by atoms with Crippen LogP contribution in [0.2, 0.25) is 0 Å². The number of hydrogen-bond acceptors (Lipinski definition) is 3. The fourth-order valence-corrected chi connectivity index (χ4v) is 3.57. The molecule has 1 fully saturated rings. The number of hydrogen-bond donors (Lipinski definition) is 2. The zero-order chi connectivity index (χ0) is 19.7. The SMILES string of the molecule is CN=C(NCc1ccccc1CN1CCCCC1)NCC(OC)C(C)(C)C.I. The number of likely N-dealkylation sites (tertiary alicyclic amines) is 1. The zero-order valence-corrected chi connectivity index (χ0v) is 20.6. The van der Waals surface area contributed by atoms with E-state index >= 15 is 0 Å². The molecule has 2 rings (SSSR count). The Bertz CT molecular complexity index is 594. The lowest BCUT2D eigenvalue weighted by Crippen LogP contribution is -2.45. The van der Waals surface area contributed by atoms with Crippen LogP contribution < -0.4 is 10.6 Å². The highest BCUT2D eigenvalue weighted by Gasteiger charge is 2.24. The number of ether oxygens (including phenoxy) is 1. The lowest BCUT2D eigenvalue weighted by atomic mass is 9.89. The fourth-order valence-electron chi connectivity index (χ4n) is 3.57. The van der Waals surface area contributed by atoms with Crippen LogP contribution in [0.1, 0.15) is 51.2 Å². The Morgan fingerprint density at radius 2 is 1.75 bits per heavy atom. The molecule has 2 N–H and O–H groups in total. The summed E-state index contributed by atoms with van der Waals surface area (Å²) in [5.41, 5.74) is 2.83.